The molecule has 102 valence electrons. The third-order valence-corrected chi connectivity index (χ3v) is 6.10. The fraction of sp³-hybridized carbons (Fsp3) is 0.467. The van der Waals surface area contributed by atoms with Gasteiger partial charge in [-0.15, -0.1) is 22.7 Å². The lowest BCUT2D eigenvalue weighted by atomic mass is 9.78. The van der Waals surface area contributed by atoms with Gasteiger partial charge in [-0.25, -0.2) is 0 Å². The maximum Gasteiger partial charge on any atom is 0.0628 e. The molecule has 0 amide bonds. The average Bonchev–Trinajstić information content (AvgIpc) is 3.08. The second kappa shape index (κ2) is 5.37. The second-order valence-electron chi connectivity index (χ2n) is 5.36. The van der Waals surface area contributed by atoms with Gasteiger partial charge in [-0.2, -0.15) is 0 Å². The van der Waals surface area contributed by atoms with Gasteiger partial charge in [0.1, 0.15) is 0 Å². The predicted octanol–water partition coefficient (Wildman–Crippen LogP) is 3.83. The summed E-state index contributed by atoms with van der Waals surface area (Å²) in [6.45, 7) is 4.28. The number of thiophene rings is 2. The van der Waals surface area contributed by atoms with Gasteiger partial charge in [0.15, 0.2) is 0 Å². The van der Waals surface area contributed by atoms with Crippen LogP contribution in [0.5, 0.6) is 0 Å². The van der Waals surface area contributed by atoms with Crippen LogP contribution in [0.3, 0.4) is 0 Å². The van der Waals surface area contributed by atoms with Crippen LogP contribution in [0, 0.1) is 11.8 Å². The largest absolute Gasteiger partial charge is 0.392 e. The molecule has 0 radical (unpaired) electrons. The number of hydrogen-bond acceptors (Lipinski definition) is 4. The van der Waals surface area contributed by atoms with E-state index in [1.54, 1.807) is 22.7 Å². The van der Waals surface area contributed by atoms with E-state index in [0.717, 1.165) is 0 Å². The molecule has 0 spiro atoms. The maximum atomic E-state index is 10.6. The summed E-state index contributed by atoms with van der Waals surface area (Å²) in [6, 6.07) is 8.98. The van der Waals surface area contributed by atoms with Gasteiger partial charge in [0.2, 0.25) is 0 Å². The van der Waals surface area contributed by atoms with Gasteiger partial charge >= 0.3 is 0 Å². The van der Waals surface area contributed by atoms with Gasteiger partial charge in [-0.1, -0.05) is 26.0 Å². The summed E-state index contributed by atoms with van der Waals surface area (Å²) in [5, 5.41) is 18.5. The Kier molecular flexibility index (Phi) is 3.76. The van der Waals surface area contributed by atoms with E-state index in [4.69, 9.17) is 0 Å². The molecule has 0 bridgehead atoms. The van der Waals surface area contributed by atoms with Crippen molar-refractivity contribution in [3.8, 4) is 0 Å². The second-order valence-corrected chi connectivity index (χ2v) is 7.32. The van der Waals surface area contributed by atoms with Crippen LogP contribution < -0.4 is 5.32 Å². The molecule has 4 heteroatoms. The Morgan fingerprint density at radius 3 is 1.79 bits per heavy atom. The molecular weight excluding hydrogens is 274 g/mol. The molecule has 0 saturated carbocycles. The molecule has 3 heterocycles. The Morgan fingerprint density at radius 1 is 0.947 bits per heavy atom. The molecule has 1 fully saturated rings. The predicted molar refractivity (Wildman–Crippen MR) is 81.6 cm³/mol. The third-order valence-electron chi connectivity index (χ3n) is 4.19. The van der Waals surface area contributed by atoms with Crippen molar-refractivity contribution >= 4 is 22.7 Å². The Balaban J connectivity index is 1.91. The zero-order valence-corrected chi connectivity index (χ0v) is 12.7. The van der Waals surface area contributed by atoms with Crippen molar-refractivity contribution in [1.82, 2.24) is 5.32 Å². The maximum absolute atomic E-state index is 10.6. The Bertz CT molecular complexity index is 462. The van der Waals surface area contributed by atoms with Crippen LogP contribution in [0.4, 0.5) is 0 Å². The van der Waals surface area contributed by atoms with E-state index in [1.807, 2.05) is 0 Å². The van der Waals surface area contributed by atoms with Crippen LogP contribution in [0.15, 0.2) is 35.0 Å². The number of nitrogens with one attached hydrogen (secondary N) is 1. The lowest BCUT2D eigenvalue weighted by Gasteiger charge is -2.43. The highest BCUT2D eigenvalue weighted by Gasteiger charge is 2.40. The van der Waals surface area contributed by atoms with Crippen LogP contribution in [0.25, 0.3) is 0 Å². The molecular formula is C15H19NOS2. The first-order chi connectivity index (χ1) is 9.18. The molecule has 0 unspecified atom stereocenters. The lowest BCUT2D eigenvalue weighted by molar-refractivity contribution is -0.00521. The zero-order valence-electron chi connectivity index (χ0n) is 11.1. The van der Waals surface area contributed by atoms with Gasteiger partial charge in [-0.3, -0.25) is 0 Å². The quantitative estimate of drug-likeness (QED) is 0.882. The minimum atomic E-state index is -0.263. The molecule has 0 aromatic carbocycles. The highest BCUT2D eigenvalue weighted by atomic mass is 32.1. The van der Waals surface area contributed by atoms with E-state index in [2.05, 4.69) is 54.2 Å². The number of rotatable bonds is 2. The van der Waals surface area contributed by atoms with E-state index in [-0.39, 0.29) is 30.0 Å². The molecule has 2 nitrogen and oxygen atoms in total. The molecule has 2 aromatic rings. The van der Waals surface area contributed by atoms with E-state index >= 15 is 0 Å². The Labute approximate surface area is 122 Å². The first kappa shape index (κ1) is 13.3. The van der Waals surface area contributed by atoms with Crippen molar-refractivity contribution in [3.63, 3.8) is 0 Å². The van der Waals surface area contributed by atoms with Crippen LogP contribution in [-0.2, 0) is 0 Å². The first-order valence-electron chi connectivity index (χ1n) is 6.69. The lowest BCUT2D eigenvalue weighted by Crippen LogP contribution is -2.48. The molecule has 1 saturated heterocycles. The summed E-state index contributed by atoms with van der Waals surface area (Å²) in [5.41, 5.74) is 0. The summed E-state index contributed by atoms with van der Waals surface area (Å²) in [5.74, 6) is 0.481. The van der Waals surface area contributed by atoms with Gasteiger partial charge in [0.05, 0.1) is 6.10 Å². The topological polar surface area (TPSA) is 32.3 Å². The third kappa shape index (κ3) is 2.38. The average molecular weight is 293 g/mol. The summed E-state index contributed by atoms with van der Waals surface area (Å²) >= 11 is 3.53. The van der Waals surface area contributed by atoms with Crippen LogP contribution in [0.2, 0.25) is 0 Å². The van der Waals surface area contributed by atoms with Crippen molar-refractivity contribution in [2.75, 3.05) is 0 Å². The first-order valence-corrected chi connectivity index (χ1v) is 8.45. The van der Waals surface area contributed by atoms with Crippen molar-refractivity contribution in [2.24, 2.45) is 11.8 Å². The number of aliphatic hydroxyl groups is 1. The van der Waals surface area contributed by atoms with Crippen LogP contribution in [-0.4, -0.2) is 11.2 Å². The molecule has 2 N–H and O–H groups in total. The molecule has 3 rings (SSSR count). The van der Waals surface area contributed by atoms with Gasteiger partial charge in [-0.05, 0) is 22.9 Å². The molecule has 4 atom stereocenters. The summed E-state index contributed by atoms with van der Waals surface area (Å²) in [7, 11) is 0. The van der Waals surface area contributed by atoms with Crippen LogP contribution >= 0.6 is 22.7 Å². The highest BCUT2D eigenvalue weighted by Crippen LogP contribution is 2.42. The van der Waals surface area contributed by atoms with Gasteiger partial charge in [0, 0.05) is 33.7 Å². The van der Waals surface area contributed by atoms with Gasteiger partial charge < -0.3 is 10.4 Å². The normalized spacial score (nSPS) is 35.4. The van der Waals surface area contributed by atoms with Crippen LogP contribution in [0.1, 0.15) is 35.7 Å². The molecule has 1 aliphatic heterocycles. The SMILES string of the molecule is C[C@H]1C(O)[C@H](C)[C@H](c2cccs2)N[C@H]1c1cccs1. The molecule has 2 aromatic heterocycles. The van der Waals surface area contributed by atoms with Gasteiger partial charge in [0.25, 0.3) is 0 Å². The summed E-state index contributed by atoms with van der Waals surface area (Å²) in [6.07, 6.45) is -0.263. The van der Waals surface area contributed by atoms with Crippen molar-refractivity contribution in [2.45, 2.75) is 32.0 Å². The number of piperidine rings is 1. The minimum Gasteiger partial charge on any atom is -0.392 e. The fourth-order valence-electron chi connectivity index (χ4n) is 2.99. The van der Waals surface area contributed by atoms with E-state index in [0.29, 0.717) is 0 Å². The smallest absolute Gasteiger partial charge is 0.0628 e. The zero-order chi connectivity index (χ0) is 13.4. The number of aliphatic hydroxyl groups excluding tert-OH is 1. The molecule has 1 aliphatic rings. The summed E-state index contributed by atoms with van der Waals surface area (Å²) in [4.78, 5) is 2.64. The van der Waals surface area contributed by atoms with E-state index in [9.17, 15) is 5.11 Å². The fourth-order valence-corrected chi connectivity index (χ4v) is 4.79. The van der Waals surface area contributed by atoms with E-state index in [1.165, 1.54) is 9.75 Å². The monoisotopic (exact) mass is 293 g/mol. The Hall–Kier alpha value is -0.680. The summed E-state index contributed by atoms with van der Waals surface area (Å²) < 4.78 is 0. The number of hydrogen-bond donors (Lipinski definition) is 2. The van der Waals surface area contributed by atoms with Crippen molar-refractivity contribution in [1.29, 1.82) is 0 Å². The highest BCUT2D eigenvalue weighted by molar-refractivity contribution is 7.10. The van der Waals surface area contributed by atoms with Crippen molar-refractivity contribution in [3.05, 3.63) is 44.8 Å². The van der Waals surface area contributed by atoms with Crippen molar-refractivity contribution < 1.29 is 5.11 Å². The Morgan fingerprint density at radius 2 is 1.42 bits per heavy atom. The van der Waals surface area contributed by atoms with E-state index < -0.39 is 0 Å². The minimum absolute atomic E-state index is 0.241. The molecule has 0 aliphatic carbocycles. The molecule has 19 heavy (non-hydrogen) atoms. The standard InChI is InChI=1S/C15H19NOS2/c1-9-13(11-5-3-7-18-11)16-14(10(2)15(9)17)12-6-4-8-19-12/h3-10,13-17H,1-2H3/t9-,10-,13-,14-/m1/s1.